The molecular weight excluding hydrogens is 274 g/mol. The number of carbonyl (C=O) groups is 2. The second-order valence-electron chi connectivity index (χ2n) is 5.41. The second-order valence-corrected chi connectivity index (χ2v) is 5.41. The third kappa shape index (κ3) is 4.44. The topological polar surface area (TPSA) is 109 Å². The van der Waals surface area contributed by atoms with Crippen LogP contribution in [0.2, 0.25) is 0 Å². The molecule has 2 rings (SSSR count). The molecule has 0 aromatic carbocycles. The summed E-state index contributed by atoms with van der Waals surface area (Å²) in [5.74, 6) is -0.540. The van der Waals surface area contributed by atoms with E-state index in [2.05, 4.69) is 20.9 Å². The highest BCUT2D eigenvalue weighted by Crippen LogP contribution is 2.27. The van der Waals surface area contributed by atoms with Crippen LogP contribution in [0.4, 0.5) is 4.79 Å². The van der Waals surface area contributed by atoms with Crippen LogP contribution < -0.4 is 10.6 Å². The summed E-state index contributed by atoms with van der Waals surface area (Å²) >= 11 is 0. The predicted molar refractivity (Wildman–Crippen MR) is 74.9 cm³/mol. The minimum absolute atomic E-state index is 0.102. The summed E-state index contributed by atoms with van der Waals surface area (Å²) < 4.78 is 1.39. The van der Waals surface area contributed by atoms with Gasteiger partial charge in [0.25, 0.3) is 0 Å². The summed E-state index contributed by atoms with van der Waals surface area (Å²) in [7, 11) is 0. The van der Waals surface area contributed by atoms with Crippen molar-refractivity contribution in [3.05, 3.63) is 11.9 Å². The standard InChI is InChI=1S/C13H21N5O3/c1-9(10-4-2-3-5-10)15-13(21)14-6-7-18-8-11(12(19)20)16-17-18/h8-10H,2-7H2,1H3,(H,19,20)(H2,14,15,21). The van der Waals surface area contributed by atoms with Gasteiger partial charge >= 0.3 is 12.0 Å². The molecule has 0 saturated heterocycles. The molecule has 1 aromatic heterocycles. The SMILES string of the molecule is CC(NC(=O)NCCn1cc(C(=O)O)nn1)C1CCCC1. The lowest BCUT2D eigenvalue weighted by atomic mass is 10.0. The van der Waals surface area contributed by atoms with Gasteiger partial charge in [-0.3, -0.25) is 0 Å². The van der Waals surface area contributed by atoms with E-state index in [9.17, 15) is 9.59 Å². The van der Waals surface area contributed by atoms with Crippen molar-refractivity contribution in [1.29, 1.82) is 0 Å². The molecule has 3 N–H and O–H groups in total. The third-order valence-electron chi connectivity index (χ3n) is 3.85. The Morgan fingerprint density at radius 1 is 1.48 bits per heavy atom. The number of aromatic nitrogens is 3. The van der Waals surface area contributed by atoms with E-state index in [1.54, 1.807) is 0 Å². The molecule has 1 heterocycles. The number of carbonyl (C=O) groups excluding carboxylic acids is 1. The Hall–Kier alpha value is -2.12. The van der Waals surface area contributed by atoms with Gasteiger partial charge in [-0.1, -0.05) is 18.1 Å². The zero-order valence-corrected chi connectivity index (χ0v) is 12.1. The van der Waals surface area contributed by atoms with Crippen molar-refractivity contribution in [3.8, 4) is 0 Å². The third-order valence-corrected chi connectivity index (χ3v) is 3.85. The summed E-state index contributed by atoms with van der Waals surface area (Å²) in [4.78, 5) is 22.4. The molecule has 1 atom stereocenters. The molecule has 8 heteroatoms. The normalized spacial score (nSPS) is 16.6. The average Bonchev–Trinajstić information content (AvgIpc) is 3.10. The monoisotopic (exact) mass is 295 g/mol. The first-order chi connectivity index (χ1) is 10.1. The Kier molecular flexibility index (Phi) is 5.13. The first-order valence-electron chi connectivity index (χ1n) is 7.24. The molecule has 0 aliphatic heterocycles. The molecule has 21 heavy (non-hydrogen) atoms. The zero-order chi connectivity index (χ0) is 15.2. The summed E-state index contributed by atoms with van der Waals surface area (Å²) in [5.41, 5.74) is -0.102. The number of amides is 2. The zero-order valence-electron chi connectivity index (χ0n) is 12.1. The molecule has 0 radical (unpaired) electrons. The summed E-state index contributed by atoms with van der Waals surface area (Å²) in [6.45, 7) is 2.78. The maximum atomic E-state index is 11.8. The van der Waals surface area contributed by atoms with Crippen LogP contribution in [0.5, 0.6) is 0 Å². The van der Waals surface area contributed by atoms with E-state index in [1.165, 1.54) is 36.6 Å². The van der Waals surface area contributed by atoms with E-state index in [4.69, 9.17) is 5.11 Å². The number of hydrogen-bond donors (Lipinski definition) is 3. The molecule has 116 valence electrons. The van der Waals surface area contributed by atoms with Crippen molar-refractivity contribution >= 4 is 12.0 Å². The van der Waals surface area contributed by atoms with Crippen LogP contribution in [0.25, 0.3) is 0 Å². The first kappa shape index (κ1) is 15.3. The Morgan fingerprint density at radius 2 is 2.19 bits per heavy atom. The predicted octanol–water partition coefficient (Wildman–Crippen LogP) is 0.854. The van der Waals surface area contributed by atoms with Crippen LogP contribution >= 0.6 is 0 Å². The van der Waals surface area contributed by atoms with Gasteiger partial charge in [0.2, 0.25) is 0 Å². The van der Waals surface area contributed by atoms with Gasteiger partial charge in [-0.15, -0.1) is 5.10 Å². The van der Waals surface area contributed by atoms with Gasteiger partial charge in [0.05, 0.1) is 12.7 Å². The summed E-state index contributed by atoms with van der Waals surface area (Å²) in [6, 6.07) is -0.0227. The van der Waals surface area contributed by atoms with Crippen LogP contribution in [0.1, 0.15) is 43.1 Å². The van der Waals surface area contributed by atoms with Gasteiger partial charge in [0, 0.05) is 12.6 Å². The number of nitrogens with one attached hydrogen (secondary N) is 2. The fourth-order valence-corrected chi connectivity index (χ4v) is 2.62. The van der Waals surface area contributed by atoms with E-state index in [1.807, 2.05) is 6.92 Å². The molecule has 1 aromatic rings. The van der Waals surface area contributed by atoms with Gasteiger partial charge in [-0.25, -0.2) is 14.3 Å². The first-order valence-corrected chi connectivity index (χ1v) is 7.24. The molecule has 1 aliphatic rings. The maximum Gasteiger partial charge on any atom is 0.358 e. The van der Waals surface area contributed by atoms with Crippen LogP contribution in [0, 0.1) is 5.92 Å². The van der Waals surface area contributed by atoms with Crippen molar-refractivity contribution in [2.45, 2.75) is 45.2 Å². The number of nitrogens with zero attached hydrogens (tertiary/aromatic N) is 3. The van der Waals surface area contributed by atoms with Gasteiger partial charge in [0.15, 0.2) is 5.69 Å². The lowest BCUT2D eigenvalue weighted by Crippen LogP contribution is -2.44. The highest BCUT2D eigenvalue weighted by atomic mass is 16.4. The van der Waals surface area contributed by atoms with Crippen LogP contribution in [-0.2, 0) is 6.54 Å². The molecule has 1 unspecified atom stereocenters. The fourth-order valence-electron chi connectivity index (χ4n) is 2.62. The van der Waals surface area contributed by atoms with E-state index in [0.29, 0.717) is 19.0 Å². The number of aromatic carboxylic acids is 1. The number of carboxylic acid groups (broad SMARTS) is 1. The molecule has 8 nitrogen and oxygen atoms in total. The van der Waals surface area contributed by atoms with Crippen molar-refractivity contribution in [3.63, 3.8) is 0 Å². The summed E-state index contributed by atoms with van der Waals surface area (Å²) in [5, 5.41) is 21.6. The van der Waals surface area contributed by atoms with Gasteiger partial charge in [0.1, 0.15) is 0 Å². The summed E-state index contributed by atoms with van der Waals surface area (Å²) in [6.07, 6.45) is 6.19. The minimum Gasteiger partial charge on any atom is -0.476 e. The second kappa shape index (κ2) is 7.05. The quantitative estimate of drug-likeness (QED) is 0.721. The van der Waals surface area contributed by atoms with Crippen LogP contribution in [0.15, 0.2) is 6.20 Å². The fraction of sp³-hybridized carbons (Fsp3) is 0.692. The smallest absolute Gasteiger partial charge is 0.358 e. The maximum absolute atomic E-state index is 11.8. The molecule has 1 saturated carbocycles. The van der Waals surface area contributed by atoms with Gasteiger partial charge in [-0.05, 0) is 25.7 Å². The molecule has 2 amide bonds. The molecule has 0 bridgehead atoms. The van der Waals surface area contributed by atoms with Crippen molar-refractivity contribution < 1.29 is 14.7 Å². The lowest BCUT2D eigenvalue weighted by molar-refractivity contribution is 0.0690. The van der Waals surface area contributed by atoms with Gasteiger partial charge in [-0.2, -0.15) is 0 Å². The lowest BCUT2D eigenvalue weighted by Gasteiger charge is -2.20. The highest BCUT2D eigenvalue weighted by Gasteiger charge is 2.22. The Morgan fingerprint density at radius 3 is 2.81 bits per heavy atom. The van der Waals surface area contributed by atoms with Crippen molar-refractivity contribution in [2.75, 3.05) is 6.54 Å². The van der Waals surface area contributed by atoms with Crippen LogP contribution in [-0.4, -0.2) is 44.7 Å². The van der Waals surface area contributed by atoms with E-state index < -0.39 is 5.97 Å². The average molecular weight is 295 g/mol. The highest BCUT2D eigenvalue weighted by molar-refractivity contribution is 5.84. The molecule has 1 aliphatic carbocycles. The molecule has 1 fully saturated rings. The number of urea groups is 1. The minimum atomic E-state index is -1.11. The number of hydrogen-bond acceptors (Lipinski definition) is 4. The molecule has 0 spiro atoms. The number of rotatable bonds is 6. The number of carboxylic acids is 1. The van der Waals surface area contributed by atoms with Crippen molar-refractivity contribution in [1.82, 2.24) is 25.6 Å². The largest absolute Gasteiger partial charge is 0.476 e. The Labute approximate surface area is 122 Å². The van der Waals surface area contributed by atoms with Gasteiger partial charge < -0.3 is 15.7 Å². The Bertz CT molecular complexity index is 496. The van der Waals surface area contributed by atoms with E-state index >= 15 is 0 Å². The van der Waals surface area contributed by atoms with E-state index in [-0.39, 0.29) is 17.8 Å². The van der Waals surface area contributed by atoms with Crippen molar-refractivity contribution in [2.24, 2.45) is 5.92 Å². The van der Waals surface area contributed by atoms with Crippen LogP contribution in [0.3, 0.4) is 0 Å². The van der Waals surface area contributed by atoms with E-state index in [0.717, 1.165) is 0 Å². The Balaban J connectivity index is 1.67. The molecular formula is C13H21N5O3.